The lowest BCUT2D eigenvalue weighted by Gasteiger charge is -2.37. The van der Waals surface area contributed by atoms with Crippen LogP contribution in [0.5, 0.6) is 0 Å². The second kappa shape index (κ2) is 5.48. The molecule has 1 aliphatic rings. The van der Waals surface area contributed by atoms with Crippen molar-refractivity contribution in [3.05, 3.63) is 35.4 Å². The van der Waals surface area contributed by atoms with Gasteiger partial charge < -0.3 is 0 Å². The lowest BCUT2D eigenvalue weighted by atomic mass is 9.66. The maximum Gasteiger partial charge on any atom is 0.136 e. The van der Waals surface area contributed by atoms with Crippen molar-refractivity contribution in [2.24, 2.45) is 17.3 Å². The van der Waals surface area contributed by atoms with Crippen molar-refractivity contribution in [1.29, 1.82) is 0 Å². The van der Waals surface area contributed by atoms with Gasteiger partial charge in [0.15, 0.2) is 0 Å². The van der Waals surface area contributed by atoms with Crippen LogP contribution in [0.3, 0.4) is 0 Å². The van der Waals surface area contributed by atoms with Crippen LogP contribution in [-0.4, -0.2) is 5.78 Å². The molecular weight excluding hydrogens is 232 g/mol. The minimum atomic E-state index is 0.0759. The zero-order valence-electron chi connectivity index (χ0n) is 12.7. The summed E-state index contributed by atoms with van der Waals surface area (Å²) in [6.07, 6.45) is 4.05. The number of hydrogen-bond acceptors (Lipinski definition) is 1. The third-order valence-corrected chi connectivity index (χ3v) is 4.61. The van der Waals surface area contributed by atoms with Crippen LogP contribution >= 0.6 is 0 Å². The van der Waals surface area contributed by atoms with Crippen molar-refractivity contribution in [1.82, 2.24) is 0 Å². The molecule has 1 aromatic rings. The SMILES string of the molecule is Cc1ccc(CC(C)(C)C2CCC(C)CC2=O)cc1. The highest BCUT2D eigenvalue weighted by molar-refractivity contribution is 5.82. The van der Waals surface area contributed by atoms with E-state index in [2.05, 4.69) is 52.0 Å². The fourth-order valence-electron chi connectivity index (χ4n) is 3.38. The van der Waals surface area contributed by atoms with Gasteiger partial charge in [-0.2, -0.15) is 0 Å². The van der Waals surface area contributed by atoms with Gasteiger partial charge in [0.05, 0.1) is 0 Å². The van der Waals surface area contributed by atoms with E-state index in [-0.39, 0.29) is 11.3 Å². The lowest BCUT2D eigenvalue weighted by molar-refractivity contribution is -0.129. The second-order valence-corrected chi connectivity index (χ2v) is 7.06. The first-order valence-corrected chi connectivity index (χ1v) is 7.47. The van der Waals surface area contributed by atoms with Crippen LogP contribution in [0.1, 0.15) is 51.2 Å². The third-order valence-electron chi connectivity index (χ3n) is 4.61. The van der Waals surface area contributed by atoms with E-state index in [1.165, 1.54) is 17.5 Å². The van der Waals surface area contributed by atoms with Crippen LogP contribution in [0.4, 0.5) is 0 Å². The number of carbonyl (C=O) groups excluding carboxylic acids is 1. The normalized spacial score (nSPS) is 24.5. The summed E-state index contributed by atoms with van der Waals surface area (Å²) in [7, 11) is 0. The zero-order chi connectivity index (χ0) is 14.0. The van der Waals surface area contributed by atoms with E-state index < -0.39 is 0 Å². The van der Waals surface area contributed by atoms with Crippen molar-refractivity contribution in [3.63, 3.8) is 0 Å². The molecule has 1 fully saturated rings. The Morgan fingerprint density at radius 1 is 1.16 bits per heavy atom. The molecule has 1 saturated carbocycles. The Morgan fingerprint density at radius 2 is 1.79 bits per heavy atom. The topological polar surface area (TPSA) is 17.1 Å². The van der Waals surface area contributed by atoms with E-state index in [9.17, 15) is 4.79 Å². The molecule has 0 radical (unpaired) electrons. The van der Waals surface area contributed by atoms with E-state index in [1.807, 2.05) is 0 Å². The number of Topliss-reactive ketones (excluding diaryl/α,β-unsaturated/α-hetero) is 1. The summed E-state index contributed by atoms with van der Waals surface area (Å²) in [6.45, 7) is 8.82. The highest BCUT2D eigenvalue weighted by Crippen LogP contribution is 2.40. The van der Waals surface area contributed by atoms with Crippen LogP contribution in [0.25, 0.3) is 0 Å². The van der Waals surface area contributed by atoms with Crippen molar-refractivity contribution >= 4 is 5.78 Å². The number of hydrogen-bond donors (Lipinski definition) is 0. The van der Waals surface area contributed by atoms with Gasteiger partial charge in [-0.05, 0) is 43.1 Å². The van der Waals surface area contributed by atoms with E-state index in [1.54, 1.807) is 0 Å². The highest BCUT2D eigenvalue weighted by Gasteiger charge is 2.37. The molecule has 1 aliphatic carbocycles. The Morgan fingerprint density at radius 3 is 2.37 bits per heavy atom. The summed E-state index contributed by atoms with van der Waals surface area (Å²) in [5.41, 5.74) is 2.72. The average molecular weight is 258 g/mol. The van der Waals surface area contributed by atoms with E-state index >= 15 is 0 Å². The number of benzene rings is 1. The molecule has 2 atom stereocenters. The third kappa shape index (κ3) is 3.46. The molecule has 104 valence electrons. The first-order valence-electron chi connectivity index (χ1n) is 7.47. The van der Waals surface area contributed by atoms with E-state index in [4.69, 9.17) is 0 Å². The molecule has 0 aliphatic heterocycles. The Labute approximate surface area is 117 Å². The maximum absolute atomic E-state index is 12.3. The van der Waals surface area contributed by atoms with Gasteiger partial charge in [0.25, 0.3) is 0 Å². The molecule has 0 heterocycles. The predicted octanol–water partition coefficient (Wildman–Crippen LogP) is 4.57. The van der Waals surface area contributed by atoms with Gasteiger partial charge in [0, 0.05) is 12.3 Å². The largest absolute Gasteiger partial charge is 0.299 e. The zero-order valence-corrected chi connectivity index (χ0v) is 12.7. The Hall–Kier alpha value is -1.11. The van der Waals surface area contributed by atoms with Gasteiger partial charge in [-0.25, -0.2) is 0 Å². The fourth-order valence-corrected chi connectivity index (χ4v) is 3.38. The van der Waals surface area contributed by atoms with Gasteiger partial charge in [0.1, 0.15) is 5.78 Å². The monoisotopic (exact) mass is 258 g/mol. The van der Waals surface area contributed by atoms with E-state index in [0.29, 0.717) is 11.7 Å². The number of aryl methyl sites for hydroxylation is 1. The number of carbonyl (C=O) groups is 1. The average Bonchev–Trinajstić information content (AvgIpc) is 2.31. The van der Waals surface area contributed by atoms with Crippen LogP contribution < -0.4 is 0 Å². The summed E-state index contributed by atoms with van der Waals surface area (Å²) in [4.78, 5) is 12.3. The Balaban J connectivity index is 2.09. The predicted molar refractivity (Wildman–Crippen MR) is 80.2 cm³/mol. The molecule has 2 rings (SSSR count). The van der Waals surface area contributed by atoms with Crippen molar-refractivity contribution in [2.75, 3.05) is 0 Å². The molecule has 0 N–H and O–H groups in total. The Kier molecular flexibility index (Phi) is 4.13. The van der Waals surface area contributed by atoms with Gasteiger partial charge in [0.2, 0.25) is 0 Å². The quantitative estimate of drug-likeness (QED) is 0.776. The minimum Gasteiger partial charge on any atom is -0.299 e. The first-order chi connectivity index (χ1) is 8.88. The summed E-state index contributed by atoms with van der Waals surface area (Å²) in [5, 5.41) is 0. The van der Waals surface area contributed by atoms with Crippen LogP contribution in [0, 0.1) is 24.2 Å². The lowest BCUT2D eigenvalue weighted by Crippen LogP contribution is -2.36. The first kappa shape index (κ1) is 14.3. The molecular formula is C18H26O. The van der Waals surface area contributed by atoms with Gasteiger partial charge in [-0.15, -0.1) is 0 Å². The van der Waals surface area contributed by atoms with Gasteiger partial charge >= 0.3 is 0 Å². The molecule has 1 heteroatoms. The highest BCUT2D eigenvalue weighted by atomic mass is 16.1. The molecule has 1 aromatic carbocycles. The summed E-state index contributed by atoms with van der Waals surface area (Å²) >= 11 is 0. The van der Waals surface area contributed by atoms with Gasteiger partial charge in [-0.1, -0.05) is 50.6 Å². The molecule has 0 spiro atoms. The summed E-state index contributed by atoms with van der Waals surface area (Å²) in [5.74, 6) is 1.31. The molecule has 0 amide bonds. The standard InChI is InChI=1S/C18H26O/c1-13-5-8-15(9-6-13)12-18(3,4)16-10-7-14(2)11-17(16)19/h5-6,8-9,14,16H,7,10-12H2,1-4H3. The van der Waals surface area contributed by atoms with Crippen molar-refractivity contribution in [2.45, 2.75) is 53.4 Å². The summed E-state index contributed by atoms with van der Waals surface area (Å²) in [6, 6.07) is 8.73. The van der Waals surface area contributed by atoms with Crippen LogP contribution in [-0.2, 0) is 11.2 Å². The fraction of sp³-hybridized carbons (Fsp3) is 0.611. The van der Waals surface area contributed by atoms with Crippen LogP contribution in [0.2, 0.25) is 0 Å². The van der Waals surface area contributed by atoms with Gasteiger partial charge in [-0.3, -0.25) is 4.79 Å². The number of ketones is 1. The molecule has 1 nitrogen and oxygen atoms in total. The van der Waals surface area contributed by atoms with E-state index in [0.717, 1.165) is 19.3 Å². The smallest absolute Gasteiger partial charge is 0.136 e. The van der Waals surface area contributed by atoms with Crippen molar-refractivity contribution in [3.8, 4) is 0 Å². The number of rotatable bonds is 3. The second-order valence-electron chi connectivity index (χ2n) is 7.06. The van der Waals surface area contributed by atoms with Crippen LogP contribution in [0.15, 0.2) is 24.3 Å². The summed E-state index contributed by atoms with van der Waals surface area (Å²) < 4.78 is 0. The molecule has 2 unspecified atom stereocenters. The van der Waals surface area contributed by atoms with Crippen molar-refractivity contribution < 1.29 is 4.79 Å². The molecule has 0 bridgehead atoms. The molecule has 19 heavy (non-hydrogen) atoms. The Bertz CT molecular complexity index is 441. The maximum atomic E-state index is 12.3. The molecule has 0 saturated heterocycles. The minimum absolute atomic E-state index is 0.0759. The molecule has 0 aromatic heterocycles.